The average molecular weight is 571 g/mol. The number of thiazole rings is 2. The van der Waals surface area contributed by atoms with Gasteiger partial charge in [-0.05, 0) is 37.0 Å². The third kappa shape index (κ3) is 5.65. The smallest absolute Gasteiger partial charge is 0.434 e. The molecule has 4 aromatic rings. The van der Waals surface area contributed by atoms with Gasteiger partial charge in [-0.3, -0.25) is 14.5 Å². The minimum absolute atomic E-state index is 0.0678. The summed E-state index contributed by atoms with van der Waals surface area (Å²) in [5.41, 5.74) is -0.391. The number of rotatable bonds is 9. The molecule has 1 aliphatic rings. The fourth-order valence-corrected chi connectivity index (χ4v) is 5.23. The van der Waals surface area contributed by atoms with Crippen molar-refractivity contribution >= 4 is 50.8 Å². The molecule has 200 valence electrons. The number of imidazole rings is 1. The number of aromatic nitrogens is 3. The van der Waals surface area contributed by atoms with Crippen LogP contribution < -0.4 is 14.8 Å². The molecule has 14 heteroatoms. The number of hydrogen-bond donors (Lipinski definition) is 1. The number of para-hydroxylation sites is 1. The molecule has 1 saturated carbocycles. The Morgan fingerprint density at radius 3 is 2.71 bits per heavy atom. The summed E-state index contributed by atoms with van der Waals surface area (Å²) in [7, 11) is 0. The Labute approximate surface area is 220 Å². The van der Waals surface area contributed by atoms with Crippen LogP contribution in [0, 0.1) is 5.92 Å². The predicted octanol–water partition coefficient (Wildman–Crippen LogP) is 7.07. The molecule has 1 aromatic carbocycles. The molecule has 7 nitrogen and oxygen atoms in total. The summed E-state index contributed by atoms with van der Waals surface area (Å²) in [6.45, 7) is -2.69. The molecular weight excluding hydrogens is 551 g/mol. The standard InChI is InChI=1S/C24H19F5N4O3S2/c25-21(26)36-16-6-2-5-14(19(16)35-11-13-3-1-4-13)7-8-15-18(33-9-10-37-23(33)30-15)20(34)32-22-31-17(12-38-22)24(27,28)29/h2,5-10,12-13,21H,1,3-4,11H2,(H,31,32,34). The van der Waals surface area contributed by atoms with E-state index < -0.39 is 24.4 Å². The number of anilines is 1. The van der Waals surface area contributed by atoms with Gasteiger partial charge in [0.2, 0.25) is 0 Å². The highest BCUT2D eigenvalue weighted by Crippen LogP contribution is 2.36. The van der Waals surface area contributed by atoms with E-state index in [1.165, 1.54) is 33.9 Å². The third-order valence-electron chi connectivity index (χ3n) is 5.85. The quantitative estimate of drug-likeness (QED) is 0.218. The number of hydrogen-bond acceptors (Lipinski definition) is 7. The van der Waals surface area contributed by atoms with Gasteiger partial charge in [-0.1, -0.05) is 18.6 Å². The largest absolute Gasteiger partial charge is 0.489 e. The molecule has 0 atom stereocenters. The number of fused-ring (bicyclic) bond motifs is 1. The van der Waals surface area contributed by atoms with Crippen LogP contribution in [0.3, 0.4) is 0 Å². The van der Waals surface area contributed by atoms with Crippen LogP contribution in [0.4, 0.5) is 27.1 Å². The number of benzene rings is 1. The fourth-order valence-electron chi connectivity index (χ4n) is 3.80. The highest BCUT2D eigenvalue weighted by Gasteiger charge is 2.34. The molecular formula is C24H19F5N4O3S2. The van der Waals surface area contributed by atoms with E-state index in [2.05, 4.69) is 20.0 Å². The zero-order chi connectivity index (χ0) is 26.9. The van der Waals surface area contributed by atoms with E-state index in [0.29, 0.717) is 34.4 Å². The number of carbonyl (C=O) groups excluding carboxylic acids is 1. The number of alkyl halides is 5. The van der Waals surface area contributed by atoms with Crippen LogP contribution in [-0.2, 0) is 6.18 Å². The fraction of sp³-hybridized carbons (Fsp3) is 0.292. The second-order valence-corrected chi connectivity index (χ2v) is 10.1. The molecule has 5 rings (SSSR count). The lowest BCUT2D eigenvalue weighted by atomic mass is 9.86. The monoisotopic (exact) mass is 570 g/mol. The molecule has 1 amide bonds. The Bertz CT molecular complexity index is 1470. The van der Waals surface area contributed by atoms with Gasteiger partial charge in [0.05, 0.1) is 12.3 Å². The highest BCUT2D eigenvalue weighted by atomic mass is 32.1. The molecule has 0 spiro atoms. The van der Waals surface area contributed by atoms with Crippen LogP contribution in [0.1, 0.15) is 46.7 Å². The van der Waals surface area contributed by atoms with Crippen molar-refractivity contribution < 1.29 is 36.2 Å². The van der Waals surface area contributed by atoms with Crippen molar-refractivity contribution in [1.29, 1.82) is 0 Å². The van der Waals surface area contributed by atoms with E-state index in [-0.39, 0.29) is 28.0 Å². The minimum atomic E-state index is -4.63. The minimum Gasteiger partial charge on any atom is -0.489 e. The number of ether oxygens (including phenoxy) is 2. The van der Waals surface area contributed by atoms with Gasteiger partial charge in [0.1, 0.15) is 5.69 Å². The van der Waals surface area contributed by atoms with Gasteiger partial charge >= 0.3 is 12.8 Å². The van der Waals surface area contributed by atoms with E-state index in [4.69, 9.17) is 4.74 Å². The first kappa shape index (κ1) is 26.1. The summed E-state index contributed by atoms with van der Waals surface area (Å²) in [5.74, 6) is -0.347. The molecule has 1 fully saturated rings. The topological polar surface area (TPSA) is 77.8 Å². The first-order chi connectivity index (χ1) is 18.2. The molecule has 38 heavy (non-hydrogen) atoms. The maximum atomic E-state index is 13.1. The van der Waals surface area contributed by atoms with E-state index in [1.54, 1.807) is 23.7 Å². The van der Waals surface area contributed by atoms with Crippen molar-refractivity contribution in [2.24, 2.45) is 5.92 Å². The number of halogens is 5. The Morgan fingerprint density at radius 1 is 1.21 bits per heavy atom. The lowest BCUT2D eigenvalue weighted by molar-refractivity contribution is -0.140. The number of nitrogens with one attached hydrogen (secondary N) is 1. The van der Waals surface area contributed by atoms with Gasteiger partial charge in [-0.15, -0.1) is 22.7 Å². The first-order valence-electron chi connectivity index (χ1n) is 11.4. The van der Waals surface area contributed by atoms with E-state index in [0.717, 1.165) is 24.6 Å². The maximum Gasteiger partial charge on any atom is 0.434 e. The van der Waals surface area contributed by atoms with Crippen LogP contribution in [0.2, 0.25) is 0 Å². The second-order valence-electron chi connectivity index (χ2n) is 8.39. The van der Waals surface area contributed by atoms with Crippen molar-refractivity contribution in [2.75, 3.05) is 11.9 Å². The molecule has 0 unspecified atom stereocenters. The summed E-state index contributed by atoms with van der Waals surface area (Å²) in [6, 6.07) is 4.57. The first-order valence-corrected chi connectivity index (χ1v) is 13.1. The third-order valence-corrected chi connectivity index (χ3v) is 7.37. The summed E-state index contributed by atoms with van der Waals surface area (Å²) in [5, 5.41) is 4.69. The van der Waals surface area contributed by atoms with Gasteiger partial charge in [-0.25, -0.2) is 9.97 Å². The normalized spacial score (nSPS) is 14.4. The van der Waals surface area contributed by atoms with Crippen LogP contribution in [0.15, 0.2) is 35.2 Å². The van der Waals surface area contributed by atoms with Crippen molar-refractivity contribution in [3.63, 3.8) is 0 Å². The molecule has 0 radical (unpaired) electrons. The van der Waals surface area contributed by atoms with Crippen molar-refractivity contribution in [3.8, 4) is 11.5 Å². The summed E-state index contributed by atoms with van der Waals surface area (Å²) >= 11 is 1.90. The molecule has 0 aliphatic heterocycles. The van der Waals surface area contributed by atoms with Gasteiger partial charge in [0, 0.05) is 22.5 Å². The Morgan fingerprint density at radius 2 is 2.03 bits per heavy atom. The van der Waals surface area contributed by atoms with Gasteiger partial charge in [-0.2, -0.15) is 22.0 Å². The molecule has 3 heterocycles. The van der Waals surface area contributed by atoms with Gasteiger partial charge in [0.25, 0.3) is 5.91 Å². The average Bonchev–Trinajstić information content (AvgIpc) is 3.53. The predicted molar refractivity (Wildman–Crippen MR) is 133 cm³/mol. The summed E-state index contributed by atoms with van der Waals surface area (Å²) in [4.78, 5) is 21.4. The Balaban J connectivity index is 1.44. The molecule has 1 aliphatic carbocycles. The van der Waals surface area contributed by atoms with Crippen molar-refractivity contribution in [3.05, 3.63) is 57.8 Å². The highest BCUT2D eigenvalue weighted by molar-refractivity contribution is 7.15. The second kappa shape index (κ2) is 10.7. The zero-order valence-corrected chi connectivity index (χ0v) is 21.0. The number of carbonyl (C=O) groups is 1. The molecule has 0 saturated heterocycles. The molecule has 1 N–H and O–H groups in total. The van der Waals surface area contributed by atoms with Crippen LogP contribution in [0.25, 0.3) is 17.1 Å². The summed E-state index contributed by atoms with van der Waals surface area (Å²) < 4.78 is 76.8. The number of nitrogens with zero attached hydrogens (tertiary/aromatic N) is 3. The van der Waals surface area contributed by atoms with Crippen LogP contribution in [0.5, 0.6) is 11.5 Å². The van der Waals surface area contributed by atoms with E-state index in [9.17, 15) is 26.7 Å². The SMILES string of the molecule is O=C(Nc1nc(C(F)(F)F)cs1)c1c(C=Cc2cccc(OC(F)F)c2OCC2CCC2)nc2sccn12. The van der Waals surface area contributed by atoms with E-state index in [1.807, 2.05) is 0 Å². The Hall–Kier alpha value is -3.52. The molecule has 0 bridgehead atoms. The van der Waals surface area contributed by atoms with E-state index >= 15 is 0 Å². The number of amides is 1. The summed E-state index contributed by atoms with van der Waals surface area (Å²) in [6.07, 6.45) is 3.12. The van der Waals surface area contributed by atoms with Crippen molar-refractivity contribution in [1.82, 2.24) is 14.4 Å². The zero-order valence-electron chi connectivity index (χ0n) is 19.4. The Kier molecular flexibility index (Phi) is 7.34. The van der Waals surface area contributed by atoms with Crippen LogP contribution in [-0.4, -0.2) is 33.5 Å². The molecule has 3 aromatic heterocycles. The van der Waals surface area contributed by atoms with Crippen LogP contribution >= 0.6 is 22.7 Å². The lowest BCUT2D eigenvalue weighted by Crippen LogP contribution is -2.20. The maximum absolute atomic E-state index is 13.1. The van der Waals surface area contributed by atoms with Gasteiger partial charge < -0.3 is 9.47 Å². The van der Waals surface area contributed by atoms with Crippen molar-refractivity contribution in [2.45, 2.75) is 32.1 Å². The van der Waals surface area contributed by atoms with Gasteiger partial charge in [0.15, 0.2) is 27.3 Å². The lowest BCUT2D eigenvalue weighted by Gasteiger charge is -2.26.